The van der Waals surface area contributed by atoms with Crippen LogP contribution in [0.1, 0.15) is 39.7 Å². The zero-order valence-corrected chi connectivity index (χ0v) is 18.1. The first-order valence-corrected chi connectivity index (χ1v) is 9.91. The van der Waals surface area contributed by atoms with Crippen molar-refractivity contribution in [3.05, 3.63) is 36.0 Å². The molecule has 6 N–H and O–H groups in total. The maximum absolute atomic E-state index is 11.7. The Bertz CT molecular complexity index is 758. The summed E-state index contributed by atoms with van der Waals surface area (Å²) in [6.45, 7) is 8.35. The zero-order chi connectivity index (χ0) is 22.2. The minimum atomic E-state index is -0.491. The number of likely N-dealkylation sites (N-methyl/N-ethyl adjacent to an activating group) is 1. The van der Waals surface area contributed by atoms with Crippen molar-refractivity contribution in [3.8, 4) is 0 Å². The van der Waals surface area contributed by atoms with E-state index in [-0.39, 0.29) is 18.2 Å². The lowest BCUT2D eigenvalue weighted by Gasteiger charge is -2.15. The molecular weight excluding hydrogens is 370 g/mol. The average molecular weight is 406 g/mol. The van der Waals surface area contributed by atoms with Crippen LogP contribution >= 0.6 is 0 Å². The number of carbonyl (C=O) groups is 3. The second-order valence-corrected chi connectivity index (χ2v) is 6.12. The molecule has 0 aliphatic rings. The summed E-state index contributed by atoms with van der Waals surface area (Å²) in [5, 5.41) is 9.05. The minimum absolute atomic E-state index is 0.0419. The molecule has 0 fully saturated rings. The molecule has 162 valence electrons. The molecule has 0 spiro atoms. The van der Waals surface area contributed by atoms with E-state index in [1.807, 2.05) is 51.2 Å². The molecule has 1 aromatic heterocycles. The number of ketones is 1. The number of Topliss-reactive ketones (excluding diaryl/α,β-unsaturated/α-hetero) is 1. The Kier molecular flexibility index (Phi) is 13.6. The van der Waals surface area contributed by atoms with Gasteiger partial charge in [-0.2, -0.15) is 0 Å². The summed E-state index contributed by atoms with van der Waals surface area (Å²) in [6.07, 6.45) is 3.32. The van der Waals surface area contributed by atoms with Gasteiger partial charge in [-0.05, 0) is 32.0 Å². The Hall–Kier alpha value is -2.87. The summed E-state index contributed by atoms with van der Waals surface area (Å²) in [5.41, 5.74) is 6.80. The second-order valence-electron chi connectivity index (χ2n) is 6.12. The number of urea groups is 1. The minimum Gasteiger partial charge on any atom is -0.361 e. The molecule has 0 unspecified atom stereocenters. The van der Waals surface area contributed by atoms with Crippen LogP contribution in [0.25, 0.3) is 10.9 Å². The van der Waals surface area contributed by atoms with Crippen molar-refractivity contribution >= 4 is 28.6 Å². The van der Waals surface area contributed by atoms with Gasteiger partial charge in [-0.25, -0.2) is 4.79 Å². The fourth-order valence-electron chi connectivity index (χ4n) is 2.47. The molecule has 1 aromatic carbocycles. The lowest BCUT2D eigenvalue weighted by atomic mass is 10.0. The summed E-state index contributed by atoms with van der Waals surface area (Å²) in [6, 6.07) is 6.98. The molecule has 1 atom stereocenters. The molecule has 0 aliphatic carbocycles. The Labute approximate surface area is 173 Å². The number of aromatic amines is 1. The summed E-state index contributed by atoms with van der Waals surface area (Å²) < 4.78 is 0. The van der Waals surface area contributed by atoms with Crippen LogP contribution in [0.2, 0.25) is 0 Å². The number of nitrogens with two attached hydrogens (primary N) is 1. The van der Waals surface area contributed by atoms with Crippen LogP contribution < -0.4 is 21.7 Å². The fourth-order valence-corrected chi connectivity index (χ4v) is 2.47. The van der Waals surface area contributed by atoms with Crippen LogP contribution in [-0.4, -0.2) is 48.9 Å². The molecule has 0 aliphatic heterocycles. The van der Waals surface area contributed by atoms with E-state index in [4.69, 9.17) is 5.73 Å². The van der Waals surface area contributed by atoms with Crippen molar-refractivity contribution in [1.29, 1.82) is 0 Å². The number of H-pyrrole nitrogens is 1. The summed E-state index contributed by atoms with van der Waals surface area (Å²) >= 11 is 0. The van der Waals surface area contributed by atoms with E-state index in [0.717, 1.165) is 22.9 Å². The molecule has 8 nitrogen and oxygen atoms in total. The van der Waals surface area contributed by atoms with Gasteiger partial charge in [0, 0.05) is 30.1 Å². The first-order chi connectivity index (χ1) is 13.9. The molecule has 3 amide bonds. The molecule has 0 radical (unpaired) electrons. The Morgan fingerprint density at radius 2 is 1.83 bits per heavy atom. The third-order valence-corrected chi connectivity index (χ3v) is 3.81. The number of fused-ring (bicyclic) bond motifs is 1. The van der Waals surface area contributed by atoms with E-state index in [0.29, 0.717) is 13.0 Å². The zero-order valence-electron chi connectivity index (χ0n) is 18.1. The van der Waals surface area contributed by atoms with Crippen LogP contribution in [0, 0.1) is 0 Å². The van der Waals surface area contributed by atoms with Crippen LogP contribution in [0.15, 0.2) is 30.5 Å². The largest absolute Gasteiger partial charge is 0.361 e. The van der Waals surface area contributed by atoms with Crippen molar-refractivity contribution in [1.82, 2.24) is 20.9 Å². The third kappa shape index (κ3) is 10.3. The summed E-state index contributed by atoms with van der Waals surface area (Å²) in [7, 11) is 1.70. The number of aromatic nitrogens is 1. The van der Waals surface area contributed by atoms with Gasteiger partial charge in [0.2, 0.25) is 5.91 Å². The van der Waals surface area contributed by atoms with Gasteiger partial charge in [-0.3, -0.25) is 9.59 Å². The quantitative estimate of drug-likeness (QED) is 0.460. The Morgan fingerprint density at radius 1 is 1.17 bits per heavy atom. The highest BCUT2D eigenvalue weighted by Crippen LogP contribution is 2.19. The van der Waals surface area contributed by atoms with Gasteiger partial charge in [0.15, 0.2) is 5.78 Å². The summed E-state index contributed by atoms with van der Waals surface area (Å²) in [5.74, 6) is -0.215. The lowest BCUT2D eigenvalue weighted by molar-refractivity contribution is -0.126. The van der Waals surface area contributed by atoms with Gasteiger partial charge in [0.25, 0.3) is 0 Å². The van der Waals surface area contributed by atoms with E-state index >= 15 is 0 Å². The number of amides is 3. The fraction of sp³-hybridized carbons (Fsp3) is 0.476. The molecule has 1 heterocycles. The van der Waals surface area contributed by atoms with E-state index in [1.165, 1.54) is 6.92 Å². The van der Waals surface area contributed by atoms with Gasteiger partial charge in [-0.15, -0.1) is 0 Å². The van der Waals surface area contributed by atoms with Gasteiger partial charge < -0.3 is 26.7 Å². The van der Waals surface area contributed by atoms with E-state index in [2.05, 4.69) is 20.9 Å². The number of nitrogens with one attached hydrogen (secondary N) is 4. The van der Waals surface area contributed by atoms with E-state index in [9.17, 15) is 14.4 Å². The van der Waals surface area contributed by atoms with E-state index in [1.54, 1.807) is 7.05 Å². The maximum atomic E-state index is 11.7. The molecule has 0 saturated carbocycles. The lowest BCUT2D eigenvalue weighted by Crippen LogP contribution is -2.44. The molecule has 0 bridgehead atoms. The van der Waals surface area contributed by atoms with Crippen molar-refractivity contribution in [2.24, 2.45) is 5.73 Å². The van der Waals surface area contributed by atoms with Crippen molar-refractivity contribution < 1.29 is 14.4 Å². The average Bonchev–Trinajstić information content (AvgIpc) is 3.11. The Morgan fingerprint density at radius 3 is 2.34 bits per heavy atom. The molecule has 0 saturated heterocycles. The normalized spacial score (nSPS) is 10.7. The number of benzene rings is 1. The number of hydrogen-bond donors (Lipinski definition) is 5. The Balaban J connectivity index is 0.000000740. The van der Waals surface area contributed by atoms with Crippen molar-refractivity contribution in [2.75, 3.05) is 20.1 Å². The van der Waals surface area contributed by atoms with Crippen molar-refractivity contribution in [2.45, 2.75) is 46.6 Å². The topological polar surface area (TPSA) is 129 Å². The van der Waals surface area contributed by atoms with Crippen LogP contribution in [0.4, 0.5) is 4.79 Å². The highest BCUT2D eigenvalue weighted by Gasteiger charge is 2.18. The van der Waals surface area contributed by atoms with Gasteiger partial charge in [0.05, 0.1) is 12.6 Å². The first-order valence-electron chi connectivity index (χ1n) is 9.91. The maximum Gasteiger partial charge on any atom is 0.312 e. The van der Waals surface area contributed by atoms with Crippen LogP contribution in [0.5, 0.6) is 0 Å². The molecule has 29 heavy (non-hydrogen) atoms. The van der Waals surface area contributed by atoms with Gasteiger partial charge in [-0.1, -0.05) is 39.0 Å². The smallest absolute Gasteiger partial charge is 0.312 e. The number of para-hydroxylation sites is 1. The van der Waals surface area contributed by atoms with Gasteiger partial charge in [0.1, 0.15) is 0 Å². The number of rotatable bonds is 8. The number of primary amides is 1. The third-order valence-electron chi connectivity index (χ3n) is 3.81. The number of carbonyl (C=O) groups excluding carboxylic acids is 3. The molecule has 2 rings (SSSR count). The first kappa shape index (κ1) is 26.1. The second kappa shape index (κ2) is 15.1. The molecule has 8 heteroatoms. The predicted octanol–water partition coefficient (Wildman–Crippen LogP) is 2.09. The number of hydrogen-bond acceptors (Lipinski definition) is 4. The van der Waals surface area contributed by atoms with E-state index < -0.39 is 12.1 Å². The van der Waals surface area contributed by atoms with Crippen molar-refractivity contribution in [3.63, 3.8) is 0 Å². The summed E-state index contributed by atoms with van der Waals surface area (Å²) in [4.78, 5) is 36.4. The molecule has 2 aromatic rings. The predicted molar refractivity (Wildman–Crippen MR) is 118 cm³/mol. The SMILES string of the molecule is CC.CCCNC(N)=O.CNCC(=O)N[C@@H](Cc1c[nH]c2ccccc12)C(C)=O. The highest BCUT2D eigenvalue weighted by molar-refractivity contribution is 5.90. The highest BCUT2D eigenvalue weighted by atomic mass is 16.2. The monoisotopic (exact) mass is 405 g/mol. The molecular formula is C21H35N5O3. The standard InChI is InChI=1S/C15H19N3O2.C4H10N2O.C2H6/c1-10(19)14(18-15(20)9-16-2)7-11-8-17-13-6-4-3-5-12(11)13;1-2-3-6-4(5)7;1-2/h3-6,8,14,16-17H,7,9H2,1-2H3,(H,18,20);2-3H2,1H3,(H3,5,6,7);1-2H3/t14-;;/m0../s1. The van der Waals surface area contributed by atoms with Crippen LogP contribution in [-0.2, 0) is 16.0 Å². The van der Waals surface area contributed by atoms with Crippen LogP contribution in [0.3, 0.4) is 0 Å². The van der Waals surface area contributed by atoms with Gasteiger partial charge >= 0.3 is 6.03 Å².